The molecule has 1 aromatic carbocycles. The van der Waals surface area contributed by atoms with Crippen molar-refractivity contribution >= 4 is 0 Å². The first-order chi connectivity index (χ1) is 7.33. The molecule has 0 bridgehead atoms. The van der Waals surface area contributed by atoms with E-state index in [9.17, 15) is 0 Å². The fraction of sp³-hybridized carbons (Fsp3) is 0.500. The lowest BCUT2D eigenvalue weighted by atomic mass is 10.3. The van der Waals surface area contributed by atoms with Crippen LogP contribution >= 0.6 is 0 Å². The van der Waals surface area contributed by atoms with Crippen molar-refractivity contribution in [1.82, 2.24) is 4.90 Å². The fourth-order valence-electron chi connectivity index (χ4n) is 1.72. The topological polar surface area (TPSA) is 21.7 Å². The van der Waals surface area contributed by atoms with Crippen molar-refractivity contribution in [3.63, 3.8) is 0 Å². The molecule has 0 aromatic heterocycles. The van der Waals surface area contributed by atoms with Gasteiger partial charge < -0.3 is 9.47 Å². The van der Waals surface area contributed by atoms with Crippen LogP contribution in [0.15, 0.2) is 24.3 Å². The fourth-order valence-corrected chi connectivity index (χ4v) is 1.72. The first-order valence-corrected chi connectivity index (χ1v) is 5.48. The third-order valence-corrected chi connectivity index (χ3v) is 2.67. The monoisotopic (exact) mass is 207 g/mol. The molecule has 1 heterocycles. The van der Waals surface area contributed by atoms with Crippen LogP contribution in [0.2, 0.25) is 0 Å². The van der Waals surface area contributed by atoms with Gasteiger partial charge in [0.1, 0.15) is 0 Å². The molecule has 82 valence electrons. The van der Waals surface area contributed by atoms with Gasteiger partial charge in [-0.25, -0.2) is 0 Å². The molecule has 3 heteroatoms. The summed E-state index contributed by atoms with van der Waals surface area (Å²) >= 11 is 0. The van der Waals surface area contributed by atoms with Crippen molar-refractivity contribution in [3.05, 3.63) is 24.3 Å². The van der Waals surface area contributed by atoms with E-state index in [0.29, 0.717) is 0 Å². The molecular weight excluding hydrogens is 190 g/mol. The molecule has 1 aliphatic heterocycles. The van der Waals surface area contributed by atoms with Gasteiger partial charge in [-0.3, -0.25) is 4.90 Å². The van der Waals surface area contributed by atoms with Crippen molar-refractivity contribution in [2.24, 2.45) is 0 Å². The maximum atomic E-state index is 5.68. The normalized spacial score (nSPS) is 14.9. The second-order valence-corrected chi connectivity index (χ2v) is 3.60. The van der Waals surface area contributed by atoms with Gasteiger partial charge in [-0.2, -0.15) is 0 Å². The minimum atomic E-state index is -0.151. The molecule has 2 rings (SSSR count). The van der Waals surface area contributed by atoms with E-state index in [-0.39, 0.29) is 6.29 Å². The van der Waals surface area contributed by atoms with Crippen LogP contribution in [0.4, 0.5) is 0 Å². The highest BCUT2D eigenvalue weighted by Crippen LogP contribution is 2.33. The molecule has 0 N–H and O–H groups in total. The minimum absolute atomic E-state index is 0.151. The van der Waals surface area contributed by atoms with Gasteiger partial charge in [-0.15, -0.1) is 0 Å². The number of nitrogens with zero attached hydrogens (tertiary/aromatic N) is 1. The molecule has 0 spiro atoms. The molecule has 0 unspecified atom stereocenters. The van der Waals surface area contributed by atoms with Crippen molar-refractivity contribution in [3.8, 4) is 11.5 Å². The Morgan fingerprint density at radius 1 is 1.07 bits per heavy atom. The molecule has 15 heavy (non-hydrogen) atoms. The van der Waals surface area contributed by atoms with Gasteiger partial charge in [-0.1, -0.05) is 26.0 Å². The van der Waals surface area contributed by atoms with Crippen LogP contribution < -0.4 is 9.47 Å². The molecule has 1 aliphatic rings. The highest BCUT2D eigenvalue weighted by atomic mass is 16.7. The maximum absolute atomic E-state index is 5.68. The molecule has 0 aliphatic carbocycles. The average Bonchev–Trinajstić information content (AvgIpc) is 2.68. The number of fused-ring (bicyclic) bond motifs is 1. The summed E-state index contributed by atoms with van der Waals surface area (Å²) in [5.41, 5.74) is 0. The van der Waals surface area contributed by atoms with Crippen LogP contribution in [-0.4, -0.2) is 30.8 Å². The van der Waals surface area contributed by atoms with Gasteiger partial charge >= 0.3 is 0 Å². The van der Waals surface area contributed by atoms with E-state index < -0.39 is 0 Å². The second-order valence-electron chi connectivity index (χ2n) is 3.60. The maximum Gasteiger partial charge on any atom is 0.254 e. The first kappa shape index (κ1) is 10.3. The molecule has 3 nitrogen and oxygen atoms in total. The Labute approximate surface area is 90.6 Å². The van der Waals surface area contributed by atoms with E-state index in [1.807, 2.05) is 24.3 Å². The van der Waals surface area contributed by atoms with Crippen LogP contribution in [0, 0.1) is 0 Å². The third-order valence-electron chi connectivity index (χ3n) is 2.67. The Hall–Kier alpha value is -1.22. The molecule has 0 saturated heterocycles. The Kier molecular flexibility index (Phi) is 3.11. The summed E-state index contributed by atoms with van der Waals surface area (Å²) in [4.78, 5) is 2.29. The highest BCUT2D eigenvalue weighted by Gasteiger charge is 2.24. The zero-order valence-corrected chi connectivity index (χ0v) is 9.27. The quantitative estimate of drug-likeness (QED) is 0.755. The summed E-state index contributed by atoms with van der Waals surface area (Å²) in [6.07, 6.45) is -0.151. The van der Waals surface area contributed by atoms with Gasteiger partial charge in [-0.05, 0) is 25.2 Å². The van der Waals surface area contributed by atoms with Crippen LogP contribution in [0.1, 0.15) is 13.8 Å². The minimum Gasteiger partial charge on any atom is -0.450 e. The summed E-state index contributed by atoms with van der Waals surface area (Å²) < 4.78 is 11.4. The van der Waals surface area contributed by atoms with E-state index >= 15 is 0 Å². The van der Waals surface area contributed by atoms with Gasteiger partial charge in [0.15, 0.2) is 11.5 Å². The van der Waals surface area contributed by atoms with Gasteiger partial charge in [0.05, 0.1) is 6.54 Å². The van der Waals surface area contributed by atoms with Crippen molar-refractivity contribution in [1.29, 1.82) is 0 Å². The lowest BCUT2D eigenvalue weighted by molar-refractivity contribution is 0.0176. The Morgan fingerprint density at radius 3 is 2.07 bits per heavy atom. The van der Waals surface area contributed by atoms with E-state index in [1.165, 1.54) is 0 Å². The van der Waals surface area contributed by atoms with Crippen LogP contribution in [-0.2, 0) is 0 Å². The average molecular weight is 207 g/mol. The van der Waals surface area contributed by atoms with Gasteiger partial charge in [0, 0.05) is 0 Å². The zero-order chi connectivity index (χ0) is 10.7. The van der Waals surface area contributed by atoms with Gasteiger partial charge in [0.2, 0.25) is 0 Å². The van der Waals surface area contributed by atoms with Crippen LogP contribution in [0.25, 0.3) is 0 Å². The van der Waals surface area contributed by atoms with Crippen molar-refractivity contribution in [2.75, 3.05) is 19.6 Å². The Morgan fingerprint density at radius 2 is 1.60 bits per heavy atom. The molecule has 0 radical (unpaired) electrons. The molecule has 1 aromatic rings. The summed E-state index contributed by atoms with van der Waals surface area (Å²) in [6, 6.07) is 7.80. The van der Waals surface area contributed by atoms with E-state index in [1.54, 1.807) is 0 Å². The van der Waals surface area contributed by atoms with Crippen LogP contribution in [0.5, 0.6) is 11.5 Å². The third kappa shape index (κ3) is 2.23. The summed E-state index contributed by atoms with van der Waals surface area (Å²) in [7, 11) is 0. The van der Waals surface area contributed by atoms with Gasteiger partial charge in [0.25, 0.3) is 6.29 Å². The highest BCUT2D eigenvalue weighted by molar-refractivity contribution is 5.41. The molecule has 0 fully saturated rings. The molecule has 0 amide bonds. The van der Waals surface area contributed by atoms with E-state index in [0.717, 1.165) is 31.1 Å². The summed E-state index contributed by atoms with van der Waals surface area (Å²) in [5, 5.41) is 0. The predicted molar refractivity (Wildman–Crippen MR) is 59.3 cm³/mol. The standard InChI is InChI=1S/C12H17NO2/c1-3-13(4-2)9-12-14-10-7-5-6-8-11(10)15-12/h5-8,12H,3-4,9H2,1-2H3. The van der Waals surface area contributed by atoms with Crippen molar-refractivity contribution in [2.45, 2.75) is 20.1 Å². The Bertz CT molecular complexity index is 298. The number of hydrogen-bond donors (Lipinski definition) is 0. The number of para-hydroxylation sites is 2. The number of hydrogen-bond acceptors (Lipinski definition) is 3. The lowest BCUT2D eigenvalue weighted by Crippen LogP contribution is -2.36. The van der Waals surface area contributed by atoms with Crippen molar-refractivity contribution < 1.29 is 9.47 Å². The van der Waals surface area contributed by atoms with Crippen LogP contribution in [0.3, 0.4) is 0 Å². The second kappa shape index (κ2) is 4.53. The predicted octanol–water partition coefficient (Wildman–Crippen LogP) is 2.13. The largest absolute Gasteiger partial charge is 0.450 e. The smallest absolute Gasteiger partial charge is 0.254 e. The summed E-state index contributed by atoms with van der Waals surface area (Å²) in [6.45, 7) is 7.16. The van der Waals surface area contributed by atoms with E-state index in [4.69, 9.17) is 9.47 Å². The summed E-state index contributed by atoms with van der Waals surface area (Å²) in [5.74, 6) is 1.71. The SMILES string of the molecule is CCN(CC)CC1Oc2ccccc2O1. The van der Waals surface area contributed by atoms with E-state index in [2.05, 4.69) is 18.7 Å². The number of rotatable bonds is 4. The Balaban J connectivity index is 1.95. The molecule has 0 saturated carbocycles. The number of likely N-dealkylation sites (N-methyl/N-ethyl adjacent to an activating group) is 1. The first-order valence-electron chi connectivity index (χ1n) is 5.48. The zero-order valence-electron chi connectivity index (χ0n) is 9.27. The number of benzene rings is 1. The lowest BCUT2D eigenvalue weighted by Gasteiger charge is -2.21. The number of ether oxygens (including phenoxy) is 2. The molecule has 0 atom stereocenters. The molecular formula is C12H17NO2.